The van der Waals surface area contributed by atoms with Crippen molar-refractivity contribution in [1.82, 2.24) is 15.0 Å². The van der Waals surface area contributed by atoms with E-state index in [9.17, 15) is 5.11 Å². The number of aromatic hydroxyl groups is 1. The highest BCUT2D eigenvalue weighted by atomic mass is 16.3. The topological polar surface area (TPSA) is 50.9 Å². The lowest BCUT2D eigenvalue weighted by Crippen LogP contribution is -1.98. The van der Waals surface area contributed by atoms with Crippen LogP contribution in [0.1, 0.15) is 14.9 Å². The van der Waals surface area contributed by atoms with Crippen LogP contribution in [0.3, 0.4) is 0 Å². The summed E-state index contributed by atoms with van der Waals surface area (Å²) in [5, 5.41) is 18.3. The van der Waals surface area contributed by atoms with Gasteiger partial charge in [-0.25, -0.2) is 0 Å². The van der Waals surface area contributed by atoms with Crippen LogP contribution >= 0.6 is 0 Å². The molecule has 0 aliphatic rings. The molecule has 0 spiro atoms. The first-order valence-electron chi connectivity index (χ1n) is 4.95. The average Bonchev–Trinajstić information content (AvgIpc) is 2.73. The summed E-state index contributed by atoms with van der Waals surface area (Å²) in [5.74, 6) is 0.169. The van der Waals surface area contributed by atoms with E-state index in [1.54, 1.807) is 18.2 Å². The van der Waals surface area contributed by atoms with Crippen LogP contribution in [0.5, 0.6) is 5.75 Å². The Morgan fingerprint density at radius 3 is 1.83 bits per heavy atom. The molecule has 0 atom stereocenters. The van der Waals surface area contributed by atoms with Crippen LogP contribution in [0.25, 0.3) is 16.7 Å². The molecule has 3 rings (SSSR count). The van der Waals surface area contributed by atoms with Crippen molar-refractivity contribution in [3.63, 3.8) is 0 Å². The van der Waals surface area contributed by atoms with Gasteiger partial charge < -0.3 is 5.11 Å². The first-order chi connectivity index (χ1) is 7.84. The smallest absolute Gasteiger partial charge is 0.143 e. The molecule has 1 heterocycles. The Balaban J connectivity index is 0.000000810. The standard InChI is InChI=1S/C12H9N3O.2CH4/c16-12-8-4-3-7-11(12)15-13-9-5-1-2-6-10(9)14-15;;/h1-8,16H;2*1H4. The molecule has 0 aliphatic carbocycles. The molecule has 1 N–H and O–H groups in total. The number of hydrogen-bond donors (Lipinski definition) is 1. The molecule has 94 valence electrons. The summed E-state index contributed by atoms with van der Waals surface area (Å²) in [7, 11) is 0. The average molecular weight is 243 g/mol. The minimum Gasteiger partial charge on any atom is -0.506 e. The maximum Gasteiger partial charge on any atom is 0.143 e. The van der Waals surface area contributed by atoms with Crippen molar-refractivity contribution in [1.29, 1.82) is 0 Å². The van der Waals surface area contributed by atoms with Gasteiger partial charge in [-0.3, -0.25) is 0 Å². The predicted octanol–water partition coefficient (Wildman–Crippen LogP) is 3.40. The van der Waals surface area contributed by atoms with Gasteiger partial charge in [-0.15, -0.1) is 15.0 Å². The molecule has 18 heavy (non-hydrogen) atoms. The van der Waals surface area contributed by atoms with Crippen molar-refractivity contribution in [2.24, 2.45) is 0 Å². The molecule has 0 saturated carbocycles. The van der Waals surface area contributed by atoms with Gasteiger partial charge in [-0.05, 0) is 24.3 Å². The molecule has 0 aliphatic heterocycles. The molecule has 4 nitrogen and oxygen atoms in total. The summed E-state index contributed by atoms with van der Waals surface area (Å²) in [6.45, 7) is 0. The van der Waals surface area contributed by atoms with E-state index in [1.165, 1.54) is 4.80 Å². The van der Waals surface area contributed by atoms with E-state index in [2.05, 4.69) is 10.2 Å². The summed E-state index contributed by atoms with van der Waals surface area (Å²) in [6, 6.07) is 14.6. The Bertz CT molecular complexity index is 613. The van der Waals surface area contributed by atoms with Gasteiger partial charge in [0.25, 0.3) is 0 Å². The van der Waals surface area contributed by atoms with Crippen molar-refractivity contribution in [3.8, 4) is 11.4 Å². The number of phenols is 1. The Labute approximate surface area is 107 Å². The monoisotopic (exact) mass is 243 g/mol. The zero-order valence-electron chi connectivity index (χ0n) is 8.41. The van der Waals surface area contributed by atoms with Crippen LogP contribution < -0.4 is 0 Å². The van der Waals surface area contributed by atoms with Gasteiger partial charge in [-0.1, -0.05) is 39.1 Å². The lowest BCUT2D eigenvalue weighted by Gasteiger charge is -2.00. The van der Waals surface area contributed by atoms with E-state index in [-0.39, 0.29) is 20.6 Å². The van der Waals surface area contributed by atoms with Crippen LogP contribution in [0.2, 0.25) is 0 Å². The van der Waals surface area contributed by atoms with Gasteiger partial charge in [0.1, 0.15) is 22.5 Å². The summed E-state index contributed by atoms with van der Waals surface area (Å²) < 4.78 is 0. The highest BCUT2D eigenvalue weighted by Gasteiger charge is 2.06. The minimum absolute atomic E-state index is 0. The maximum absolute atomic E-state index is 9.69. The molecule has 2 aromatic carbocycles. The lowest BCUT2D eigenvalue weighted by atomic mass is 10.3. The molecule has 0 unspecified atom stereocenters. The normalized spacial score (nSPS) is 9.56. The molecule has 4 heteroatoms. The Kier molecular flexibility index (Phi) is 4.05. The third-order valence-electron chi connectivity index (χ3n) is 2.38. The fourth-order valence-corrected chi connectivity index (χ4v) is 1.60. The largest absolute Gasteiger partial charge is 0.506 e. The minimum atomic E-state index is 0. The fourth-order valence-electron chi connectivity index (χ4n) is 1.60. The van der Waals surface area contributed by atoms with Crippen molar-refractivity contribution in [2.75, 3.05) is 0 Å². The first kappa shape index (κ1) is 13.7. The summed E-state index contributed by atoms with van der Waals surface area (Å²) in [4.78, 5) is 1.44. The van der Waals surface area contributed by atoms with Crippen molar-refractivity contribution in [3.05, 3.63) is 48.5 Å². The second kappa shape index (κ2) is 5.31. The molecule has 0 radical (unpaired) electrons. The zero-order chi connectivity index (χ0) is 11.0. The van der Waals surface area contributed by atoms with Crippen LogP contribution in [-0.4, -0.2) is 20.1 Å². The highest BCUT2D eigenvalue weighted by molar-refractivity contribution is 5.73. The third-order valence-corrected chi connectivity index (χ3v) is 2.38. The number of nitrogens with zero attached hydrogens (tertiary/aromatic N) is 3. The number of benzene rings is 2. The van der Waals surface area contributed by atoms with Gasteiger partial charge in [0.2, 0.25) is 0 Å². The molecule has 1 aromatic heterocycles. The van der Waals surface area contributed by atoms with Crippen LogP contribution in [-0.2, 0) is 0 Å². The highest BCUT2D eigenvalue weighted by Crippen LogP contribution is 2.20. The number of rotatable bonds is 1. The van der Waals surface area contributed by atoms with Crippen LogP contribution in [0.15, 0.2) is 48.5 Å². The van der Waals surface area contributed by atoms with Crippen LogP contribution in [0.4, 0.5) is 0 Å². The third kappa shape index (κ3) is 2.18. The Morgan fingerprint density at radius 1 is 0.778 bits per heavy atom. The fraction of sp³-hybridized carbons (Fsp3) is 0.143. The van der Waals surface area contributed by atoms with Crippen molar-refractivity contribution < 1.29 is 5.11 Å². The van der Waals surface area contributed by atoms with E-state index >= 15 is 0 Å². The van der Waals surface area contributed by atoms with Crippen LogP contribution in [0, 0.1) is 0 Å². The number of hydrogen-bond acceptors (Lipinski definition) is 3. The predicted molar refractivity (Wildman–Crippen MR) is 74.0 cm³/mol. The molecular weight excluding hydrogens is 226 g/mol. The number of aromatic nitrogens is 3. The number of phenolic OH excluding ortho intramolecular Hbond substituents is 1. The van der Waals surface area contributed by atoms with Crippen molar-refractivity contribution >= 4 is 11.0 Å². The van der Waals surface area contributed by atoms with Gasteiger partial charge in [-0.2, -0.15) is 0 Å². The first-order valence-corrected chi connectivity index (χ1v) is 4.95. The summed E-state index contributed by atoms with van der Waals surface area (Å²) >= 11 is 0. The molecule has 0 amide bonds. The second-order valence-electron chi connectivity index (χ2n) is 3.47. The number of para-hydroxylation sites is 2. The second-order valence-corrected chi connectivity index (χ2v) is 3.47. The quantitative estimate of drug-likeness (QED) is 0.712. The van der Waals surface area contributed by atoms with Crippen molar-refractivity contribution in [2.45, 2.75) is 14.9 Å². The SMILES string of the molecule is C.C.Oc1ccccc1-n1nc2ccccc2n1. The van der Waals surface area contributed by atoms with E-state index in [1.807, 2.05) is 30.3 Å². The molecule has 3 aromatic rings. The summed E-state index contributed by atoms with van der Waals surface area (Å²) in [5.41, 5.74) is 2.20. The van der Waals surface area contributed by atoms with E-state index < -0.39 is 0 Å². The Hall–Kier alpha value is -2.36. The van der Waals surface area contributed by atoms with Gasteiger partial charge >= 0.3 is 0 Å². The van der Waals surface area contributed by atoms with E-state index in [0.717, 1.165) is 11.0 Å². The molecule has 0 saturated heterocycles. The van der Waals surface area contributed by atoms with Gasteiger partial charge in [0, 0.05) is 0 Å². The summed E-state index contributed by atoms with van der Waals surface area (Å²) in [6.07, 6.45) is 0. The maximum atomic E-state index is 9.69. The Morgan fingerprint density at radius 2 is 1.28 bits per heavy atom. The lowest BCUT2D eigenvalue weighted by molar-refractivity contribution is 0.468. The molecule has 0 fully saturated rings. The number of fused-ring (bicyclic) bond motifs is 1. The molecular formula is C14H17N3O. The van der Waals surface area contributed by atoms with E-state index in [0.29, 0.717) is 5.69 Å². The molecule has 0 bridgehead atoms. The zero-order valence-corrected chi connectivity index (χ0v) is 8.41. The van der Waals surface area contributed by atoms with E-state index in [4.69, 9.17) is 0 Å². The van der Waals surface area contributed by atoms with Gasteiger partial charge in [0.05, 0.1) is 0 Å². The van der Waals surface area contributed by atoms with Gasteiger partial charge in [0.15, 0.2) is 0 Å².